The Labute approximate surface area is 391 Å². The van der Waals surface area contributed by atoms with Gasteiger partial charge in [0.05, 0.1) is 44.9 Å². The molecule has 0 aromatic heterocycles. The van der Waals surface area contributed by atoms with E-state index in [2.05, 4.69) is 80.2 Å². The van der Waals surface area contributed by atoms with Crippen molar-refractivity contribution in [2.75, 3.05) is 40.6 Å². The first-order valence-electron chi connectivity index (χ1n) is 18.3. The first kappa shape index (κ1) is 98.0. The molecule has 0 aliphatic heterocycles. The molecule has 0 aromatic rings. The van der Waals surface area contributed by atoms with E-state index in [1.165, 1.54) is 21.1 Å². The number of carbonyl (C=O) groups excluding carboxylic acids is 6. The minimum atomic E-state index is -1.02. The zero-order valence-electron chi connectivity index (χ0n) is 37.9. The maximum Gasteiger partial charge on any atom is 0.333 e. The number of carbonyl (C=O) groups is 5. The molecular formula is C50H107O13Rf-. The van der Waals surface area contributed by atoms with E-state index in [1.54, 1.807) is 20.8 Å². The van der Waals surface area contributed by atoms with E-state index < -0.39 is 12.1 Å². The van der Waals surface area contributed by atoms with Crippen LogP contribution < -0.4 is 0 Å². The fourth-order valence-electron chi connectivity index (χ4n) is 4.48. The zero-order chi connectivity index (χ0) is 44.8. The van der Waals surface area contributed by atoms with Crippen LogP contribution >= 0.6 is 0 Å². The summed E-state index contributed by atoms with van der Waals surface area (Å²) in [6, 6.07) is 0. The summed E-state index contributed by atoms with van der Waals surface area (Å²) in [5.41, 5.74) is 0.807. The van der Waals surface area contributed by atoms with Crippen LogP contribution in [-0.2, 0) is 57.2 Å². The molecule has 0 radical (unpaired) electrons. The van der Waals surface area contributed by atoms with Crippen LogP contribution in [0.25, 0.3) is 0 Å². The van der Waals surface area contributed by atoms with Gasteiger partial charge in [-0.1, -0.05) is 141 Å². The molecule has 64 heavy (non-hydrogen) atoms. The monoisotopic (exact) mass is 1180 g/mol. The number of rotatable bonds is 16. The quantitative estimate of drug-likeness (QED) is 0.0669. The van der Waals surface area contributed by atoms with Crippen LogP contribution in [0.1, 0.15) is 189 Å². The third-order valence-corrected chi connectivity index (χ3v) is 7.10. The van der Waals surface area contributed by atoms with Crippen molar-refractivity contribution in [1.82, 2.24) is 0 Å². The van der Waals surface area contributed by atoms with Crippen molar-refractivity contribution < 1.29 is 62.3 Å². The van der Waals surface area contributed by atoms with Gasteiger partial charge in [-0.3, -0.25) is 9.59 Å². The van der Waals surface area contributed by atoms with Crippen LogP contribution in [0, 0.1) is 21.7 Å². The van der Waals surface area contributed by atoms with Gasteiger partial charge >= 0.3 is 29.8 Å². The van der Waals surface area contributed by atoms with Crippen molar-refractivity contribution in [3.05, 3.63) is 36.5 Å². The molecule has 14 heteroatoms. The molecule has 0 aliphatic carbocycles. The van der Waals surface area contributed by atoms with Crippen molar-refractivity contribution in [3.8, 4) is 0 Å². The van der Waals surface area contributed by atoms with Crippen LogP contribution in [0.2, 0.25) is 0 Å². The van der Waals surface area contributed by atoms with E-state index in [-0.39, 0.29) is 124 Å². The number of ether oxygens (including phenoxy) is 6. The van der Waals surface area contributed by atoms with Crippen molar-refractivity contribution in [1.29, 1.82) is 0 Å². The number of aliphatic hydroxyl groups excluding tert-OH is 1. The average molecular weight is 1180 g/mol. The van der Waals surface area contributed by atoms with Gasteiger partial charge in [0.15, 0.2) is 0 Å². The Hall–Kier alpha value is -5.00. The van der Waals surface area contributed by atoms with Gasteiger partial charge < -0.3 is 38.3 Å². The molecule has 0 saturated carbocycles. The number of methoxy groups -OCH3 is 2. The van der Waals surface area contributed by atoms with E-state index >= 15 is 0 Å². The summed E-state index contributed by atoms with van der Waals surface area (Å²) in [5, 5.41) is 9.00. The van der Waals surface area contributed by atoms with E-state index in [4.69, 9.17) is 14.6 Å². The molecule has 0 spiro atoms. The molecule has 13 nitrogen and oxygen atoms in total. The molecule has 0 saturated heterocycles. The molecule has 388 valence electrons. The van der Waals surface area contributed by atoms with E-state index in [9.17, 15) is 28.8 Å². The van der Waals surface area contributed by atoms with Crippen LogP contribution in [0.4, 0.5) is 0 Å². The summed E-state index contributed by atoms with van der Waals surface area (Å²) in [5.74, 6) is -1.40. The summed E-state index contributed by atoms with van der Waals surface area (Å²) < 4.78 is 27.4. The molecule has 0 aliphatic rings. The molecule has 0 heterocycles. The third kappa shape index (κ3) is 57.0. The molecule has 0 aromatic carbocycles. The zero-order valence-corrected chi connectivity index (χ0v) is 44.3. The third-order valence-electron chi connectivity index (χ3n) is 7.10. The van der Waals surface area contributed by atoms with Gasteiger partial charge in [-0.15, -0.1) is 0 Å². The molecule has 3 atom stereocenters. The van der Waals surface area contributed by atoms with E-state index in [0.717, 1.165) is 32.2 Å². The Kier molecular flexibility index (Phi) is 77.6. The van der Waals surface area contributed by atoms with Crippen molar-refractivity contribution in [2.45, 2.75) is 195 Å². The summed E-state index contributed by atoms with van der Waals surface area (Å²) in [6.07, 6.45) is 2.38. The van der Waals surface area contributed by atoms with Crippen LogP contribution in [0.15, 0.2) is 36.5 Å². The Morgan fingerprint density at radius 3 is 1.05 bits per heavy atom. The maximum absolute atomic E-state index is 11.8. The molecule has 0 rings (SSSR count). The fraction of sp³-hybridized carbons (Fsp3) is 0.760. The van der Waals surface area contributed by atoms with Gasteiger partial charge in [-0.2, -0.15) is 0 Å². The predicted octanol–water partition coefficient (Wildman–Crippen LogP) is 12.9. The van der Waals surface area contributed by atoms with Crippen molar-refractivity contribution in [3.63, 3.8) is 0 Å². The first-order chi connectivity index (χ1) is 24.9. The Morgan fingerprint density at radius 2 is 0.844 bits per heavy atom. The Morgan fingerprint density at radius 1 is 0.531 bits per heavy atom. The average Bonchev–Trinajstić information content (AvgIpc) is 3.08. The fourth-order valence-corrected chi connectivity index (χ4v) is 4.48. The van der Waals surface area contributed by atoms with Gasteiger partial charge in [0.2, 0.25) is 0 Å². The van der Waals surface area contributed by atoms with Crippen molar-refractivity contribution in [2.24, 2.45) is 21.7 Å². The van der Waals surface area contributed by atoms with Crippen LogP contribution in [0.5, 0.6) is 0 Å². The smallest absolute Gasteiger partial charge is 0.333 e. The van der Waals surface area contributed by atoms with E-state index in [0.29, 0.717) is 24.4 Å². The van der Waals surface area contributed by atoms with Crippen molar-refractivity contribution >= 4 is 36.3 Å². The molecule has 0 bridgehead atoms. The number of hydrogen-bond acceptors (Lipinski definition) is 13. The van der Waals surface area contributed by atoms with Gasteiger partial charge in [-0.05, 0) is 85.0 Å². The number of hydrogen-bond donors (Lipinski definition) is 1. The SMILES string of the molecule is C.C.C.C.C.C.C.C.C=C(C)C(=O)OC.C=C(C)C(=O)OCC.C=C(C)C(=O)OCC(O)CO[C-]=O.CCC(C)(CC(C)(C)C)C(=O)OC.CCOC(=O)C(C)(CC)CC(C)(C)C.[Rf]. The van der Waals surface area contributed by atoms with E-state index in [1.807, 2.05) is 34.6 Å². The second-order valence-corrected chi connectivity index (χ2v) is 15.7. The summed E-state index contributed by atoms with van der Waals surface area (Å²) >= 11 is 0. The molecule has 1 N–H and O–H groups in total. The standard InChI is InChI=1S/C12H24O2.C11H22O2.C8H11O5.C6H10O2.C5H8O2.8CH4.Rf/c1-7-12(6,9-11(3,4)5)10(13)14-8-2;1-7-11(5,9(12)13-6)8-10(2,3)4;1-6(2)8(11)13-4-7(10)3-12-5-9;1-4-8-6(7)5(2)3;1-4(2)5(6)7-3;;;;;;;;;/h7-9H2,1-6H3;7-8H2,1-6H3;7,10H,1,3-4H2,2H3;2,4H2,1,3H3;1H2,2-3H3;8*1H4;/q;;-1;;;;;;;;;;;. The Balaban J connectivity index is -0.0000000400. The second kappa shape index (κ2) is 50.6. The predicted molar refractivity (Wildman–Crippen MR) is 269 cm³/mol. The summed E-state index contributed by atoms with van der Waals surface area (Å²) in [6.45, 7) is 40.9. The Bertz CT molecular complexity index is 1200. The topological polar surface area (TPSA) is 178 Å². The summed E-state index contributed by atoms with van der Waals surface area (Å²) in [7, 11) is 2.79. The molecular weight excluding hydrogens is 1080 g/mol. The minimum Gasteiger partial charge on any atom is -0.651 e. The van der Waals surface area contributed by atoms with Gasteiger partial charge in [-0.25, -0.2) is 14.4 Å². The second-order valence-electron chi connectivity index (χ2n) is 15.7. The number of esters is 5. The molecule has 3 unspecified atom stereocenters. The normalized spacial score (nSPS) is 11.1. The summed E-state index contributed by atoms with van der Waals surface area (Å²) in [4.78, 5) is 64.2. The largest absolute Gasteiger partial charge is 0.651 e. The van der Waals surface area contributed by atoms with Gasteiger partial charge in [0.25, 0.3) is 0 Å². The van der Waals surface area contributed by atoms with Gasteiger partial charge in [0, 0.05) is 16.7 Å². The number of aliphatic hydroxyl groups is 1. The maximum atomic E-state index is 11.8. The minimum absolute atomic E-state index is 0. The van der Waals surface area contributed by atoms with Crippen LogP contribution in [-0.4, -0.2) is 88.2 Å². The molecule has 0 fully saturated rings. The first-order valence-corrected chi connectivity index (χ1v) is 18.3. The van der Waals surface area contributed by atoms with Gasteiger partial charge in [0.1, 0.15) is 12.7 Å². The van der Waals surface area contributed by atoms with Crippen LogP contribution in [0.3, 0.4) is 0 Å². The molecule has 0 amide bonds.